The van der Waals surface area contributed by atoms with E-state index in [0.717, 1.165) is 0 Å². The lowest BCUT2D eigenvalue weighted by molar-refractivity contribution is -0.142. The Bertz CT molecular complexity index is 804. The van der Waals surface area contributed by atoms with Gasteiger partial charge in [-0.05, 0) is 17.7 Å². The summed E-state index contributed by atoms with van der Waals surface area (Å²) in [6.45, 7) is 0. The molecule has 4 nitrogen and oxygen atoms in total. The van der Waals surface area contributed by atoms with Crippen LogP contribution in [-0.4, -0.2) is 11.8 Å². The van der Waals surface area contributed by atoms with Crippen molar-refractivity contribution in [1.82, 2.24) is 0 Å². The topological polar surface area (TPSA) is 64.7 Å². The van der Waals surface area contributed by atoms with E-state index in [1.54, 1.807) is 30.3 Å². The number of amidine groups is 1. The molecule has 0 radical (unpaired) electrons. The summed E-state index contributed by atoms with van der Waals surface area (Å²) in [5.41, 5.74) is 2.98. The second-order valence-electron chi connectivity index (χ2n) is 4.88. The molecule has 0 aliphatic carbocycles. The molecule has 0 fully saturated rings. The lowest BCUT2D eigenvalue weighted by Crippen LogP contribution is -2.23. The van der Waals surface area contributed by atoms with Crippen molar-refractivity contribution in [3.05, 3.63) is 70.8 Å². The molecule has 0 heterocycles. The Morgan fingerprint density at radius 1 is 1.08 bits per heavy atom. The number of halogens is 5. The summed E-state index contributed by atoms with van der Waals surface area (Å²) in [4.78, 5) is 16.0. The molecule has 0 bridgehead atoms. The third-order valence-electron chi connectivity index (χ3n) is 3.09. The van der Waals surface area contributed by atoms with Gasteiger partial charge >= 0.3 is 12.1 Å². The van der Waals surface area contributed by atoms with Gasteiger partial charge in [-0.2, -0.15) is 13.2 Å². The molecule has 0 aliphatic heterocycles. The Kier molecular flexibility index (Phi) is 5.35. The average Bonchev–Trinajstić information content (AvgIpc) is 2.55. The molecular weight excluding hydrogens is 347 g/mol. The van der Waals surface area contributed by atoms with Crippen molar-refractivity contribution in [2.24, 2.45) is 10.9 Å². The van der Waals surface area contributed by atoms with Gasteiger partial charge in [0.25, 0.3) is 0 Å². The van der Waals surface area contributed by atoms with Crippen LogP contribution < -0.4 is 5.73 Å². The number of nitrogens with zero attached hydrogens (tertiary/aromatic N) is 1. The second kappa shape index (κ2) is 7.29. The zero-order valence-electron chi connectivity index (χ0n) is 12.5. The first-order valence-electron chi connectivity index (χ1n) is 6.83. The molecule has 0 saturated heterocycles. The SMILES string of the molecule is N/C(=N\OC(=O)Cc1ccccc1)c1c(C(F)(F)F)ccc(F)c1F. The molecule has 0 amide bonds. The van der Waals surface area contributed by atoms with E-state index in [4.69, 9.17) is 5.73 Å². The van der Waals surface area contributed by atoms with E-state index in [1.165, 1.54) is 0 Å². The van der Waals surface area contributed by atoms with Crippen LogP contribution >= 0.6 is 0 Å². The smallest absolute Gasteiger partial charge is 0.380 e. The Labute approximate surface area is 138 Å². The van der Waals surface area contributed by atoms with Crippen LogP contribution in [0.4, 0.5) is 22.0 Å². The maximum atomic E-state index is 13.7. The number of hydrogen-bond donors (Lipinski definition) is 1. The number of benzene rings is 2. The van der Waals surface area contributed by atoms with E-state index >= 15 is 0 Å². The van der Waals surface area contributed by atoms with Crippen molar-refractivity contribution in [3.8, 4) is 0 Å². The zero-order chi connectivity index (χ0) is 18.6. The number of rotatable bonds is 4. The van der Waals surface area contributed by atoms with Crippen LogP contribution in [0.25, 0.3) is 0 Å². The number of carbonyl (C=O) groups is 1. The number of nitrogens with two attached hydrogens (primary N) is 1. The summed E-state index contributed by atoms with van der Waals surface area (Å²) < 4.78 is 65.7. The van der Waals surface area contributed by atoms with E-state index in [9.17, 15) is 26.7 Å². The number of oxime groups is 1. The van der Waals surface area contributed by atoms with Gasteiger partial charge in [-0.3, -0.25) is 0 Å². The summed E-state index contributed by atoms with van der Waals surface area (Å²) in [5.74, 6) is -5.42. The quantitative estimate of drug-likeness (QED) is 0.300. The maximum Gasteiger partial charge on any atom is 0.417 e. The highest BCUT2D eigenvalue weighted by Gasteiger charge is 2.37. The molecule has 132 valence electrons. The van der Waals surface area contributed by atoms with Gasteiger partial charge in [-0.1, -0.05) is 35.5 Å². The second-order valence-corrected chi connectivity index (χ2v) is 4.88. The molecule has 2 N–H and O–H groups in total. The van der Waals surface area contributed by atoms with Crippen LogP contribution in [0.2, 0.25) is 0 Å². The predicted octanol–water partition coefficient (Wildman–Crippen LogP) is 3.39. The molecule has 0 atom stereocenters. The van der Waals surface area contributed by atoms with Crippen molar-refractivity contribution in [3.63, 3.8) is 0 Å². The Morgan fingerprint density at radius 3 is 2.32 bits per heavy atom. The van der Waals surface area contributed by atoms with Gasteiger partial charge in [-0.25, -0.2) is 13.6 Å². The zero-order valence-corrected chi connectivity index (χ0v) is 12.5. The van der Waals surface area contributed by atoms with Crippen LogP contribution in [0.1, 0.15) is 16.7 Å². The predicted molar refractivity (Wildman–Crippen MR) is 78.3 cm³/mol. The minimum Gasteiger partial charge on any atom is -0.380 e. The molecule has 0 aromatic heterocycles. The largest absolute Gasteiger partial charge is 0.417 e. The van der Waals surface area contributed by atoms with Crippen molar-refractivity contribution in [2.75, 3.05) is 0 Å². The molecule has 0 aliphatic rings. The average molecular weight is 358 g/mol. The summed E-state index contributed by atoms with van der Waals surface area (Å²) in [5, 5.41) is 3.00. The van der Waals surface area contributed by atoms with Gasteiger partial charge in [0.05, 0.1) is 17.5 Å². The molecule has 2 aromatic rings. The van der Waals surface area contributed by atoms with Crippen LogP contribution in [-0.2, 0) is 22.2 Å². The Hall–Kier alpha value is -2.97. The molecule has 0 spiro atoms. The first-order chi connectivity index (χ1) is 11.7. The molecular formula is C16H11F5N2O2. The molecule has 9 heteroatoms. The van der Waals surface area contributed by atoms with Crippen LogP contribution in [0.15, 0.2) is 47.6 Å². The summed E-state index contributed by atoms with van der Waals surface area (Å²) in [6, 6.07) is 8.91. The molecule has 0 unspecified atom stereocenters. The highest BCUT2D eigenvalue weighted by molar-refractivity contribution is 5.99. The van der Waals surface area contributed by atoms with E-state index in [-0.39, 0.29) is 6.42 Å². The van der Waals surface area contributed by atoms with Crippen LogP contribution in [0.5, 0.6) is 0 Å². The van der Waals surface area contributed by atoms with Gasteiger partial charge in [0.1, 0.15) is 0 Å². The van der Waals surface area contributed by atoms with Crippen LogP contribution in [0.3, 0.4) is 0 Å². The van der Waals surface area contributed by atoms with Crippen LogP contribution in [0, 0.1) is 11.6 Å². The minimum atomic E-state index is -5.00. The number of alkyl halides is 3. The third kappa shape index (κ3) is 4.52. The monoisotopic (exact) mass is 358 g/mol. The fourth-order valence-corrected chi connectivity index (χ4v) is 1.98. The van der Waals surface area contributed by atoms with Gasteiger partial charge in [0.2, 0.25) is 0 Å². The van der Waals surface area contributed by atoms with E-state index in [1.807, 2.05) is 0 Å². The molecule has 0 saturated carbocycles. The van der Waals surface area contributed by atoms with E-state index in [2.05, 4.69) is 9.99 Å². The highest BCUT2D eigenvalue weighted by Crippen LogP contribution is 2.33. The number of hydrogen-bond acceptors (Lipinski definition) is 3. The summed E-state index contributed by atoms with van der Waals surface area (Å²) in [6.07, 6.45) is -5.23. The van der Waals surface area contributed by atoms with Crippen molar-refractivity contribution in [2.45, 2.75) is 12.6 Å². The van der Waals surface area contributed by atoms with Crippen molar-refractivity contribution in [1.29, 1.82) is 0 Å². The molecule has 25 heavy (non-hydrogen) atoms. The maximum absolute atomic E-state index is 13.7. The summed E-state index contributed by atoms with van der Waals surface area (Å²) >= 11 is 0. The molecule has 2 aromatic carbocycles. The first-order valence-corrected chi connectivity index (χ1v) is 6.83. The van der Waals surface area contributed by atoms with Crippen molar-refractivity contribution < 1.29 is 31.6 Å². The normalized spacial score (nSPS) is 12.1. The highest BCUT2D eigenvalue weighted by atomic mass is 19.4. The van der Waals surface area contributed by atoms with Gasteiger partial charge in [-0.15, -0.1) is 0 Å². The third-order valence-corrected chi connectivity index (χ3v) is 3.09. The van der Waals surface area contributed by atoms with Gasteiger partial charge < -0.3 is 10.6 Å². The van der Waals surface area contributed by atoms with E-state index < -0.39 is 40.7 Å². The Balaban J connectivity index is 2.25. The first kappa shape index (κ1) is 18.4. The van der Waals surface area contributed by atoms with Crippen molar-refractivity contribution >= 4 is 11.8 Å². The summed E-state index contributed by atoms with van der Waals surface area (Å²) in [7, 11) is 0. The fourth-order valence-electron chi connectivity index (χ4n) is 1.98. The fraction of sp³-hybridized carbons (Fsp3) is 0.125. The number of carbonyl (C=O) groups excluding carboxylic acids is 1. The minimum absolute atomic E-state index is 0.227. The lowest BCUT2D eigenvalue weighted by Gasteiger charge is -2.13. The standard InChI is InChI=1S/C16H11F5N2O2/c17-11-7-6-10(16(19,20)21)13(14(11)18)15(22)23-25-12(24)8-9-4-2-1-3-5-9/h1-7H,8H2,(H2,22,23). The Morgan fingerprint density at radius 2 is 1.72 bits per heavy atom. The van der Waals surface area contributed by atoms with Gasteiger partial charge in [0, 0.05) is 0 Å². The lowest BCUT2D eigenvalue weighted by atomic mass is 10.1. The van der Waals surface area contributed by atoms with E-state index in [0.29, 0.717) is 17.7 Å². The molecule has 2 rings (SSSR count). The van der Waals surface area contributed by atoms with Gasteiger partial charge in [0.15, 0.2) is 17.5 Å².